The lowest BCUT2D eigenvalue weighted by Gasteiger charge is -2.25. The smallest absolute Gasteiger partial charge is 0.332 e. The summed E-state index contributed by atoms with van der Waals surface area (Å²) in [5, 5.41) is 20.3. The van der Waals surface area contributed by atoms with Crippen LogP contribution in [0, 0.1) is 23.0 Å². The fourth-order valence-electron chi connectivity index (χ4n) is 2.21. The van der Waals surface area contributed by atoms with Gasteiger partial charge >= 0.3 is 11.7 Å². The molecule has 2 rings (SSSR count). The molecule has 1 N–H and O–H groups in total. The number of anilines is 1. The summed E-state index contributed by atoms with van der Waals surface area (Å²) in [6.07, 6.45) is 1.57. The maximum atomic E-state index is 11.4. The van der Waals surface area contributed by atoms with E-state index in [9.17, 15) is 20.0 Å². The Hall–Kier alpha value is -1.96. The lowest BCUT2D eigenvalue weighted by molar-refractivity contribution is -0.385. The average Bonchev–Trinajstić information content (AvgIpc) is 3.11. The van der Waals surface area contributed by atoms with Crippen LogP contribution in [-0.2, 0) is 4.79 Å². The van der Waals surface area contributed by atoms with Gasteiger partial charge in [-0.3, -0.25) is 10.1 Å². The first-order chi connectivity index (χ1) is 9.32. The molecule has 1 unspecified atom stereocenters. The van der Waals surface area contributed by atoms with Gasteiger partial charge in [-0.2, -0.15) is 4.98 Å². The molecule has 0 bridgehead atoms. The monoisotopic (exact) mass is 300 g/mol. The molecule has 0 aliphatic heterocycles. The Morgan fingerprint density at radius 2 is 2.15 bits per heavy atom. The third-order valence-corrected chi connectivity index (χ3v) is 3.44. The Morgan fingerprint density at radius 3 is 2.60 bits per heavy atom. The summed E-state index contributed by atoms with van der Waals surface area (Å²) in [6, 6.07) is -0.848. The number of hydrogen-bond acceptors (Lipinski definition) is 6. The second-order valence-corrected chi connectivity index (χ2v) is 5.08. The van der Waals surface area contributed by atoms with Crippen molar-refractivity contribution in [2.45, 2.75) is 25.8 Å². The second kappa shape index (κ2) is 5.20. The van der Waals surface area contributed by atoms with Crippen LogP contribution in [0.5, 0.6) is 0 Å². The number of carbonyl (C=O) groups is 1. The summed E-state index contributed by atoms with van der Waals surface area (Å²) in [5.41, 5.74) is -0.208. The number of carboxylic acids is 1. The van der Waals surface area contributed by atoms with Crippen LogP contribution in [-0.4, -0.2) is 39.1 Å². The van der Waals surface area contributed by atoms with E-state index in [1.165, 1.54) is 18.9 Å². The molecule has 0 aromatic carbocycles. The number of aromatic nitrogens is 2. The van der Waals surface area contributed by atoms with E-state index < -0.39 is 16.9 Å². The molecule has 1 aliphatic rings. The SMILES string of the molecule is Cc1nc(Cl)nc(N(C)C(C(=O)O)C2CC2)c1[N+](=O)[O-]. The van der Waals surface area contributed by atoms with E-state index in [2.05, 4.69) is 9.97 Å². The van der Waals surface area contributed by atoms with Crippen LogP contribution in [0.2, 0.25) is 5.28 Å². The molecule has 0 amide bonds. The Bertz CT molecular complexity index is 576. The van der Waals surface area contributed by atoms with Crippen LogP contribution in [0.1, 0.15) is 18.5 Å². The third-order valence-electron chi connectivity index (χ3n) is 3.27. The largest absolute Gasteiger partial charge is 0.480 e. The molecule has 9 heteroatoms. The van der Waals surface area contributed by atoms with Crippen molar-refractivity contribution in [3.05, 3.63) is 21.1 Å². The highest BCUT2D eigenvalue weighted by Gasteiger charge is 2.41. The lowest BCUT2D eigenvalue weighted by Crippen LogP contribution is -2.41. The van der Waals surface area contributed by atoms with Gasteiger partial charge in [0, 0.05) is 7.05 Å². The summed E-state index contributed by atoms with van der Waals surface area (Å²) in [7, 11) is 1.47. The van der Waals surface area contributed by atoms with E-state index in [1.807, 2.05) is 0 Å². The van der Waals surface area contributed by atoms with E-state index >= 15 is 0 Å². The van der Waals surface area contributed by atoms with Gasteiger partial charge in [0.2, 0.25) is 11.1 Å². The molecule has 1 aromatic heterocycles. The van der Waals surface area contributed by atoms with Gasteiger partial charge in [-0.15, -0.1) is 0 Å². The van der Waals surface area contributed by atoms with Gasteiger partial charge in [-0.05, 0) is 37.3 Å². The van der Waals surface area contributed by atoms with Crippen molar-refractivity contribution in [1.29, 1.82) is 0 Å². The maximum absolute atomic E-state index is 11.4. The van der Waals surface area contributed by atoms with E-state index in [0.717, 1.165) is 12.8 Å². The van der Waals surface area contributed by atoms with Crippen molar-refractivity contribution in [3.63, 3.8) is 0 Å². The number of rotatable bonds is 5. The molecule has 1 saturated carbocycles. The molecule has 1 aliphatic carbocycles. The zero-order valence-electron chi connectivity index (χ0n) is 10.9. The van der Waals surface area contributed by atoms with Gasteiger partial charge in [0.25, 0.3) is 0 Å². The van der Waals surface area contributed by atoms with E-state index in [4.69, 9.17) is 11.6 Å². The Labute approximate surface area is 119 Å². The zero-order valence-corrected chi connectivity index (χ0v) is 11.7. The fourth-order valence-corrected chi connectivity index (χ4v) is 2.41. The molecular formula is C11H13ClN4O4. The number of likely N-dealkylation sites (N-methyl/N-ethyl adjacent to an activating group) is 1. The van der Waals surface area contributed by atoms with Crippen LogP contribution < -0.4 is 4.90 Å². The van der Waals surface area contributed by atoms with Gasteiger partial charge < -0.3 is 10.0 Å². The minimum Gasteiger partial charge on any atom is -0.480 e. The van der Waals surface area contributed by atoms with Crippen LogP contribution in [0.3, 0.4) is 0 Å². The van der Waals surface area contributed by atoms with Crippen molar-refractivity contribution in [3.8, 4) is 0 Å². The molecule has 8 nitrogen and oxygen atoms in total. The number of aliphatic carboxylic acids is 1. The predicted molar refractivity (Wildman–Crippen MR) is 71.0 cm³/mol. The highest BCUT2D eigenvalue weighted by Crippen LogP contribution is 2.39. The number of aryl methyl sites for hydroxylation is 1. The first-order valence-electron chi connectivity index (χ1n) is 5.97. The van der Waals surface area contributed by atoms with Crippen LogP contribution in [0.25, 0.3) is 0 Å². The third kappa shape index (κ3) is 2.64. The molecule has 1 aromatic rings. The van der Waals surface area contributed by atoms with E-state index in [-0.39, 0.29) is 28.4 Å². The zero-order chi connectivity index (χ0) is 15.0. The maximum Gasteiger partial charge on any atom is 0.332 e. The summed E-state index contributed by atoms with van der Waals surface area (Å²) in [6.45, 7) is 1.44. The van der Waals surface area contributed by atoms with Crippen molar-refractivity contribution >= 4 is 29.1 Å². The number of hydrogen-bond donors (Lipinski definition) is 1. The molecule has 108 valence electrons. The van der Waals surface area contributed by atoms with Gasteiger partial charge in [0.1, 0.15) is 11.7 Å². The quantitative estimate of drug-likeness (QED) is 0.500. The number of halogens is 1. The van der Waals surface area contributed by atoms with Gasteiger partial charge in [-0.1, -0.05) is 0 Å². The Morgan fingerprint density at radius 1 is 1.55 bits per heavy atom. The molecular weight excluding hydrogens is 288 g/mol. The van der Waals surface area contributed by atoms with E-state index in [0.29, 0.717) is 0 Å². The normalized spacial score (nSPS) is 15.8. The molecule has 1 heterocycles. The summed E-state index contributed by atoms with van der Waals surface area (Å²) in [4.78, 5) is 30.8. The summed E-state index contributed by atoms with van der Waals surface area (Å²) in [5.74, 6) is -1.12. The van der Waals surface area contributed by atoms with Crippen molar-refractivity contribution in [2.75, 3.05) is 11.9 Å². The fraction of sp³-hybridized carbons (Fsp3) is 0.545. The summed E-state index contributed by atoms with van der Waals surface area (Å²) < 4.78 is 0. The van der Waals surface area contributed by atoms with Crippen LogP contribution in [0.4, 0.5) is 11.5 Å². The minimum atomic E-state index is -1.03. The molecule has 1 atom stereocenters. The average molecular weight is 301 g/mol. The summed E-state index contributed by atoms with van der Waals surface area (Å²) >= 11 is 5.73. The van der Waals surface area contributed by atoms with Crippen molar-refractivity contribution in [2.24, 2.45) is 5.92 Å². The van der Waals surface area contributed by atoms with Crippen LogP contribution in [0.15, 0.2) is 0 Å². The first-order valence-corrected chi connectivity index (χ1v) is 6.35. The molecule has 0 spiro atoms. The minimum absolute atomic E-state index is 0.0221. The van der Waals surface area contributed by atoms with Gasteiger partial charge in [-0.25, -0.2) is 9.78 Å². The molecule has 0 radical (unpaired) electrons. The van der Waals surface area contributed by atoms with Crippen molar-refractivity contribution in [1.82, 2.24) is 9.97 Å². The lowest BCUT2D eigenvalue weighted by atomic mass is 10.1. The molecule has 1 fully saturated rings. The highest BCUT2D eigenvalue weighted by molar-refractivity contribution is 6.28. The first kappa shape index (κ1) is 14.4. The van der Waals surface area contributed by atoms with Crippen molar-refractivity contribution < 1.29 is 14.8 Å². The van der Waals surface area contributed by atoms with E-state index in [1.54, 1.807) is 0 Å². The van der Waals surface area contributed by atoms with Crippen LogP contribution >= 0.6 is 11.6 Å². The standard InChI is InChI=1S/C11H13ClN4O4/c1-5-7(16(19)20)9(14-11(12)13-5)15(2)8(10(17)18)6-3-4-6/h6,8H,3-4H2,1-2H3,(H,17,18). The topological polar surface area (TPSA) is 109 Å². The second-order valence-electron chi connectivity index (χ2n) is 4.74. The molecule has 0 saturated heterocycles. The van der Waals surface area contributed by atoms with Gasteiger partial charge in [0.15, 0.2) is 0 Å². The highest BCUT2D eigenvalue weighted by atomic mass is 35.5. The van der Waals surface area contributed by atoms with Gasteiger partial charge in [0.05, 0.1) is 4.92 Å². The number of carboxylic acid groups (broad SMARTS) is 1. The number of nitro groups is 1. The predicted octanol–water partition coefficient (Wildman–Crippen LogP) is 1.65. The molecule has 20 heavy (non-hydrogen) atoms. The Kier molecular flexibility index (Phi) is 3.76. The number of nitrogens with zero attached hydrogens (tertiary/aromatic N) is 4. The Balaban J connectivity index is 2.49.